The molecular weight excluding hydrogens is 388 g/mol. The van der Waals surface area contributed by atoms with Gasteiger partial charge in [-0.15, -0.1) is 11.3 Å². The number of methoxy groups -OCH3 is 1. The Labute approximate surface area is 171 Å². The maximum absolute atomic E-state index is 12.7. The van der Waals surface area contributed by atoms with E-state index in [-0.39, 0.29) is 17.2 Å². The van der Waals surface area contributed by atoms with Gasteiger partial charge < -0.3 is 14.6 Å². The molecule has 0 saturated heterocycles. The summed E-state index contributed by atoms with van der Waals surface area (Å²) in [6.45, 7) is 3.83. The van der Waals surface area contributed by atoms with E-state index in [1.807, 2.05) is 39.1 Å². The molecule has 0 aliphatic rings. The van der Waals surface area contributed by atoms with Gasteiger partial charge in [-0.25, -0.2) is 4.98 Å². The highest BCUT2D eigenvalue weighted by molar-refractivity contribution is 7.16. The molecule has 0 saturated carbocycles. The molecule has 1 aromatic carbocycles. The number of ether oxygens (including phenoxy) is 1. The van der Waals surface area contributed by atoms with Crippen molar-refractivity contribution in [2.75, 3.05) is 7.11 Å². The average molecular weight is 410 g/mol. The summed E-state index contributed by atoms with van der Waals surface area (Å²) in [6, 6.07) is 5.79. The highest BCUT2D eigenvalue weighted by Gasteiger charge is 2.18. The highest BCUT2D eigenvalue weighted by Crippen LogP contribution is 2.26. The van der Waals surface area contributed by atoms with Crippen LogP contribution in [0.25, 0.3) is 15.9 Å². The predicted molar refractivity (Wildman–Crippen MR) is 114 cm³/mol. The monoisotopic (exact) mass is 410 g/mol. The van der Waals surface area contributed by atoms with Crippen LogP contribution in [-0.4, -0.2) is 33.0 Å². The minimum Gasteiger partial charge on any atom is -0.497 e. The van der Waals surface area contributed by atoms with Crippen molar-refractivity contribution >= 4 is 33.1 Å². The van der Waals surface area contributed by atoms with Gasteiger partial charge in [0, 0.05) is 47.5 Å². The number of carbonyl (C=O) groups is 1. The van der Waals surface area contributed by atoms with Crippen LogP contribution >= 0.6 is 11.3 Å². The summed E-state index contributed by atoms with van der Waals surface area (Å²) in [5.41, 5.74) is 1.90. The van der Waals surface area contributed by atoms with E-state index >= 15 is 0 Å². The Kier molecular flexibility index (Phi) is 4.87. The number of aromatic nitrogens is 3. The molecule has 0 fully saturated rings. The van der Waals surface area contributed by atoms with Gasteiger partial charge in [0.05, 0.1) is 7.11 Å². The molecule has 3 aromatic heterocycles. The molecule has 0 bridgehead atoms. The van der Waals surface area contributed by atoms with Gasteiger partial charge in [-0.2, -0.15) is 0 Å². The number of nitrogens with zero attached hydrogens (tertiary/aromatic N) is 3. The van der Waals surface area contributed by atoms with Crippen LogP contribution in [-0.2, 0) is 13.5 Å². The summed E-state index contributed by atoms with van der Waals surface area (Å²) in [5.74, 6) is 0.381. The fourth-order valence-corrected chi connectivity index (χ4v) is 4.36. The molecule has 4 rings (SSSR count). The normalized spacial score (nSPS) is 12.4. The second-order valence-corrected chi connectivity index (χ2v) is 8.41. The molecule has 8 heteroatoms. The van der Waals surface area contributed by atoms with Crippen molar-refractivity contribution in [3.63, 3.8) is 0 Å². The fourth-order valence-electron chi connectivity index (χ4n) is 3.58. The molecule has 0 radical (unpaired) electrons. The molecule has 29 heavy (non-hydrogen) atoms. The lowest BCUT2D eigenvalue weighted by atomic mass is 10.1. The second kappa shape index (κ2) is 7.36. The first-order valence-corrected chi connectivity index (χ1v) is 10.1. The van der Waals surface area contributed by atoms with E-state index in [1.54, 1.807) is 13.3 Å². The van der Waals surface area contributed by atoms with E-state index in [1.165, 1.54) is 21.9 Å². The number of carbonyl (C=O) groups excluding carboxylic acids is 1. The molecule has 150 valence electrons. The third-order valence-corrected chi connectivity index (χ3v) is 5.86. The Morgan fingerprint density at radius 2 is 2.14 bits per heavy atom. The van der Waals surface area contributed by atoms with Crippen molar-refractivity contribution in [1.29, 1.82) is 0 Å². The van der Waals surface area contributed by atoms with E-state index in [4.69, 9.17) is 4.74 Å². The summed E-state index contributed by atoms with van der Waals surface area (Å²) < 4.78 is 8.83. The molecule has 4 aromatic rings. The van der Waals surface area contributed by atoms with Gasteiger partial charge in [0.25, 0.3) is 11.5 Å². The first kappa shape index (κ1) is 19.2. The zero-order valence-electron chi connectivity index (χ0n) is 16.7. The van der Waals surface area contributed by atoms with E-state index in [0.717, 1.165) is 27.1 Å². The van der Waals surface area contributed by atoms with Crippen molar-refractivity contribution < 1.29 is 9.53 Å². The lowest BCUT2D eigenvalue weighted by molar-refractivity contribution is 0.0938. The summed E-state index contributed by atoms with van der Waals surface area (Å²) in [6.07, 6.45) is 5.76. The van der Waals surface area contributed by atoms with Crippen LogP contribution in [0, 0.1) is 6.92 Å². The van der Waals surface area contributed by atoms with E-state index < -0.39 is 5.91 Å². The molecule has 3 heterocycles. The van der Waals surface area contributed by atoms with Gasteiger partial charge in [-0.3, -0.25) is 14.0 Å². The molecule has 1 N–H and O–H groups in total. The Hall–Kier alpha value is -3.13. The van der Waals surface area contributed by atoms with Crippen LogP contribution in [0.4, 0.5) is 0 Å². The molecule has 0 spiro atoms. The summed E-state index contributed by atoms with van der Waals surface area (Å²) in [7, 11) is 3.64. The minimum atomic E-state index is -0.411. The van der Waals surface area contributed by atoms with Gasteiger partial charge >= 0.3 is 0 Å². The maximum Gasteiger partial charge on any atom is 0.271 e. The van der Waals surface area contributed by atoms with Crippen molar-refractivity contribution in [1.82, 2.24) is 19.3 Å². The molecule has 1 amide bonds. The largest absolute Gasteiger partial charge is 0.497 e. The third kappa shape index (κ3) is 3.51. The van der Waals surface area contributed by atoms with Crippen molar-refractivity contribution in [2.24, 2.45) is 7.05 Å². The zero-order chi connectivity index (χ0) is 20.7. The highest BCUT2D eigenvalue weighted by atomic mass is 32.1. The lowest BCUT2D eigenvalue weighted by Gasteiger charge is -2.13. The number of nitrogens with one attached hydrogen (secondary N) is 1. The van der Waals surface area contributed by atoms with Crippen LogP contribution in [0.2, 0.25) is 0 Å². The maximum atomic E-state index is 12.7. The SMILES string of the molecule is COc1ccc2c(c1)c(C[C@@H](C)NC(=O)c1cnc3sc(C)cn3c1=O)cn2C. The summed E-state index contributed by atoms with van der Waals surface area (Å²) >= 11 is 1.42. The van der Waals surface area contributed by atoms with Crippen molar-refractivity contribution in [2.45, 2.75) is 26.3 Å². The molecule has 0 unspecified atom stereocenters. The predicted octanol–water partition coefficient (Wildman–Crippen LogP) is 2.93. The second-order valence-electron chi connectivity index (χ2n) is 7.20. The van der Waals surface area contributed by atoms with Gasteiger partial charge in [-0.05, 0) is 44.0 Å². The molecule has 7 nitrogen and oxygen atoms in total. The van der Waals surface area contributed by atoms with Crippen LogP contribution < -0.4 is 15.6 Å². The number of amides is 1. The Morgan fingerprint density at radius 1 is 1.34 bits per heavy atom. The number of hydrogen-bond donors (Lipinski definition) is 1. The summed E-state index contributed by atoms with van der Waals surface area (Å²) in [4.78, 5) is 31.1. The standard InChI is InChI=1S/C21H22N4O3S/c1-12(7-14-11-24(3)18-6-5-15(28-4)8-16(14)18)23-19(26)17-9-22-21-25(20(17)27)10-13(2)29-21/h5-6,8-12H,7H2,1-4H3,(H,23,26)/t12-/m1/s1. The van der Waals surface area contributed by atoms with Crippen LogP contribution in [0.15, 0.2) is 41.6 Å². The number of rotatable bonds is 5. The Morgan fingerprint density at radius 3 is 2.90 bits per heavy atom. The molecule has 0 aliphatic heterocycles. The Bertz CT molecular complexity index is 1280. The fraction of sp³-hybridized carbons (Fsp3) is 0.286. The molecule has 1 atom stereocenters. The number of aryl methyl sites for hydroxylation is 2. The van der Waals surface area contributed by atoms with Crippen LogP contribution in [0.3, 0.4) is 0 Å². The smallest absolute Gasteiger partial charge is 0.271 e. The van der Waals surface area contributed by atoms with Gasteiger partial charge in [-0.1, -0.05) is 0 Å². The Balaban J connectivity index is 1.56. The molecule has 0 aliphatic carbocycles. The van der Waals surface area contributed by atoms with Gasteiger partial charge in [0.1, 0.15) is 11.3 Å². The number of benzene rings is 1. The topological polar surface area (TPSA) is 77.6 Å². The minimum absolute atomic E-state index is 0.0479. The first-order valence-electron chi connectivity index (χ1n) is 9.28. The third-order valence-electron chi connectivity index (χ3n) is 4.95. The van der Waals surface area contributed by atoms with Crippen LogP contribution in [0.5, 0.6) is 5.75 Å². The van der Waals surface area contributed by atoms with E-state index in [9.17, 15) is 9.59 Å². The number of thiazole rings is 1. The summed E-state index contributed by atoms with van der Waals surface area (Å²) in [5, 5.41) is 4.02. The zero-order valence-corrected chi connectivity index (χ0v) is 17.5. The van der Waals surface area contributed by atoms with Crippen LogP contribution in [0.1, 0.15) is 27.7 Å². The average Bonchev–Trinajstić information content (AvgIpc) is 3.21. The lowest BCUT2D eigenvalue weighted by Crippen LogP contribution is -2.37. The van der Waals surface area contributed by atoms with Crippen molar-refractivity contribution in [3.8, 4) is 5.75 Å². The van der Waals surface area contributed by atoms with Crippen molar-refractivity contribution in [3.05, 3.63) is 63.1 Å². The number of hydrogen-bond acceptors (Lipinski definition) is 5. The van der Waals surface area contributed by atoms with Gasteiger partial charge in [0.15, 0.2) is 4.96 Å². The number of fused-ring (bicyclic) bond motifs is 2. The van der Waals surface area contributed by atoms with E-state index in [2.05, 4.69) is 21.1 Å². The molecular formula is C21H22N4O3S. The quantitative estimate of drug-likeness (QED) is 0.549. The van der Waals surface area contributed by atoms with E-state index in [0.29, 0.717) is 11.4 Å². The first-order chi connectivity index (χ1) is 13.9. The van der Waals surface area contributed by atoms with Gasteiger partial charge in [0.2, 0.25) is 0 Å².